The van der Waals surface area contributed by atoms with Crippen LogP contribution in [0.25, 0.3) is 0 Å². The standard InChI is InChI=1S/C16H15Cl3FN/c1-9(11-3-5-12(17)6-4-11)21-10(2)13-7-16(20)15(19)8-14(13)18/h3-10,21H,1-2H3/t9-,10?/m1/s1. The number of nitrogens with one attached hydrogen (secondary N) is 1. The molecule has 0 fully saturated rings. The Hall–Kier alpha value is -0.800. The Kier molecular flexibility index (Phi) is 5.50. The van der Waals surface area contributed by atoms with Gasteiger partial charge in [0, 0.05) is 22.1 Å². The summed E-state index contributed by atoms with van der Waals surface area (Å²) in [4.78, 5) is 0. The summed E-state index contributed by atoms with van der Waals surface area (Å²) in [7, 11) is 0. The van der Waals surface area contributed by atoms with Gasteiger partial charge in [-0.05, 0) is 49.2 Å². The maximum Gasteiger partial charge on any atom is 0.142 e. The normalized spacial score (nSPS) is 14.0. The van der Waals surface area contributed by atoms with Crippen molar-refractivity contribution in [3.05, 3.63) is 68.4 Å². The molecule has 1 unspecified atom stereocenters. The quantitative estimate of drug-likeness (QED) is 0.650. The predicted molar refractivity (Wildman–Crippen MR) is 87.8 cm³/mol. The second-order valence-corrected chi connectivity index (χ2v) is 6.20. The van der Waals surface area contributed by atoms with Crippen molar-refractivity contribution >= 4 is 34.8 Å². The van der Waals surface area contributed by atoms with Crippen molar-refractivity contribution in [2.24, 2.45) is 0 Å². The van der Waals surface area contributed by atoms with Crippen molar-refractivity contribution in [3.63, 3.8) is 0 Å². The highest BCUT2D eigenvalue weighted by Crippen LogP contribution is 2.30. The van der Waals surface area contributed by atoms with E-state index in [-0.39, 0.29) is 17.1 Å². The maximum atomic E-state index is 13.6. The van der Waals surface area contributed by atoms with E-state index in [4.69, 9.17) is 34.8 Å². The topological polar surface area (TPSA) is 12.0 Å². The molecule has 0 amide bonds. The lowest BCUT2D eigenvalue weighted by molar-refractivity contribution is 0.492. The molecule has 0 aliphatic heterocycles. The molecule has 0 aliphatic carbocycles. The number of hydrogen-bond acceptors (Lipinski definition) is 1. The second-order valence-electron chi connectivity index (χ2n) is 4.95. The van der Waals surface area contributed by atoms with Gasteiger partial charge in [0.1, 0.15) is 5.82 Å². The van der Waals surface area contributed by atoms with Gasteiger partial charge in [-0.15, -0.1) is 0 Å². The summed E-state index contributed by atoms with van der Waals surface area (Å²) in [5, 5.41) is 4.56. The van der Waals surface area contributed by atoms with E-state index in [1.54, 1.807) is 0 Å². The summed E-state index contributed by atoms with van der Waals surface area (Å²) in [6.45, 7) is 3.96. The third-order valence-electron chi connectivity index (χ3n) is 3.38. The molecule has 0 bridgehead atoms. The van der Waals surface area contributed by atoms with Crippen LogP contribution in [0.4, 0.5) is 4.39 Å². The van der Waals surface area contributed by atoms with E-state index in [0.29, 0.717) is 15.6 Å². The first-order chi connectivity index (χ1) is 9.88. The molecule has 5 heteroatoms. The highest BCUT2D eigenvalue weighted by atomic mass is 35.5. The van der Waals surface area contributed by atoms with Gasteiger partial charge in [0.05, 0.1) is 5.02 Å². The Morgan fingerprint density at radius 1 is 0.905 bits per heavy atom. The molecule has 112 valence electrons. The molecule has 0 spiro atoms. The van der Waals surface area contributed by atoms with Crippen LogP contribution in [0, 0.1) is 5.82 Å². The molecule has 0 aromatic heterocycles. The first-order valence-corrected chi connectivity index (χ1v) is 7.68. The molecule has 2 aromatic rings. The predicted octanol–water partition coefficient (Wildman–Crippen LogP) is 6.20. The summed E-state index contributed by atoms with van der Waals surface area (Å²) < 4.78 is 13.6. The van der Waals surface area contributed by atoms with E-state index in [1.807, 2.05) is 38.1 Å². The highest BCUT2D eigenvalue weighted by Gasteiger charge is 2.16. The van der Waals surface area contributed by atoms with Crippen LogP contribution < -0.4 is 5.32 Å². The van der Waals surface area contributed by atoms with E-state index in [0.717, 1.165) is 5.56 Å². The van der Waals surface area contributed by atoms with Gasteiger partial charge in [-0.3, -0.25) is 0 Å². The Morgan fingerprint density at radius 2 is 1.52 bits per heavy atom. The van der Waals surface area contributed by atoms with Gasteiger partial charge in [-0.1, -0.05) is 46.9 Å². The zero-order chi connectivity index (χ0) is 15.6. The van der Waals surface area contributed by atoms with Crippen molar-refractivity contribution in [1.29, 1.82) is 0 Å². The minimum atomic E-state index is -0.469. The van der Waals surface area contributed by atoms with Crippen molar-refractivity contribution in [1.82, 2.24) is 5.32 Å². The van der Waals surface area contributed by atoms with Crippen LogP contribution in [-0.2, 0) is 0 Å². The minimum absolute atomic E-state index is 0.0294. The average Bonchev–Trinajstić information content (AvgIpc) is 2.43. The van der Waals surface area contributed by atoms with E-state index >= 15 is 0 Å². The number of benzene rings is 2. The molecule has 0 aliphatic rings. The van der Waals surface area contributed by atoms with Gasteiger partial charge in [0.2, 0.25) is 0 Å². The molecular formula is C16H15Cl3FN. The molecule has 21 heavy (non-hydrogen) atoms. The second kappa shape index (κ2) is 6.97. The number of halogens is 4. The van der Waals surface area contributed by atoms with Crippen LogP contribution in [0.1, 0.15) is 37.1 Å². The largest absolute Gasteiger partial charge is 0.304 e. The Morgan fingerprint density at radius 3 is 2.14 bits per heavy atom. The molecule has 2 rings (SSSR count). The van der Waals surface area contributed by atoms with Crippen LogP contribution in [-0.4, -0.2) is 0 Å². The fourth-order valence-corrected chi connectivity index (χ4v) is 2.86. The first-order valence-electron chi connectivity index (χ1n) is 6.54. The summed E-state index contributed by atoms with van der Waals surface area (Å²) in [5.41, 5.74) is 1.77. The van der Waals surface area contributed by atoms with Crippen molar-refractivity contribution in [3.8, 4) is 0 Å². The lowest BCUT2D eigenvalue weighted by atomic mass is 10.0. The lowest BCUT2D eigenvalue weighted by Crippen LogP contribution is -2.22. The van der Waals surface area contributed by atoms with Gasteiger partial charge in [-0.2, -0.15) is 0 Å². The van der Waals surface area contributed by atoms with Crippen molar-refractivity contribution in [2.45, 2.75) is 25.9 Å². The average molecular weight is 347 g/mol. The van der Waals surface area contributed by atoms with E-state index in [1.165, 1.54) is 12.1 Å². The zero-order valence-electron chi connectivity index (χ0n) is 11.6. The zero-order valence-corrected chi connectivity index (χ0v) is 13.9. The number of rotatable bonds is 4. The molecule has 1 N–H and O–H groups in total. The lowest BCUT2D eigenvalue weighted by Gasteiger charge is -2.22. The molecule has 2 atom stereocenters. The van der Waals surface area contributed by atoms with E-state index in [9.17, 15) is 4.39 Å². The van der Waals surface area contributed by atoms with Gasteiger partial charge in [-0.25, -0.2) is 4.39 Å². The van der Waals surface area contributed by atoms with Crippen LogP contribution >= 0.6 is 34.8 Å². The van der Waals surface area contributed by atoms with Gasteiger partial charge in [0.25, 0.3) is 0 Å². The Bertz CT molecular complexity index is 628. The third-order valence-corrected chi connectivity index (χ3v) is 4.25. The fraction of sp³-hybridized carbons (Fsp3) is 0.250. The molecule has 0 saturated heterocycles. The fourth-order valence-electron chi connectivity index (χ4n) is 2.18. The molecule has 0 radical (unpaired) electrons. The van der Waals surface area contributed by atoms with E-state index < -0.39 is 5.82 Å². The van der Waals surface area contributed by atoms with Crippen molar-refractivity contribution in [2.75, 3.05) is 0 Å². The van der Waals surface area contributed by atoms with Gasteiger partial charge >= 0.3 is 0 Å². The summed E-state index contributed by atoms with van der Waals surface area (Å²) in [6, 6.07) is 10.4. The first kappa shape index (κ1) is 16.6. The summed E-state index contributed by atoms with van der Waals surface area (Å²) in [6.07, 6.45) is 0. The third kappa shape index (κ3) is 4.10. The maximum absolute atomic E-state index is 13.6. The van der Waals surface area contributed by atoms with E-state index in [2.05, 4.69) is 5.32 Å². The monoisotopic (exact) mass is 345 g/mol. The Labute approximate surface area is 139 Å². The molecule has 0 saturated carbocycles. The summed E-state index contributed by atoms with van der Waals surface area (Å²) >= 11 is 17.7. The SMILES string of the molecule is CC(N[C@H](C)c1ccc(Cl)cc1)c1cc(F)c(Cl)cc1Cl. The van der Waals surface area contributed by atoms with Crippen molar-refractivity contribution < 1.29 is 4.39 Å². The molecule has 1 nitrogen and oxygen atoms in total. The molecule has 2 aromatic carbocycles. The minimum Gasteiger partial charge on any atom is -0.304 e. The number of hydrogen-bond donors (Lipinski definition) is 1. The smallest absolute Gasteiger partial charge is 0.142 e. The molecular weight excluding hydrogens is 332 g/mol. The van der Waals surface area contributed by atoms with Gasteiger partial charge < -0.3 is 5.32 Å². The molecule has 0 heterocycles. The highest BCUT2D eigenvalue weighted by molar-refractivity contribution is 6.35. The van der Waals surface area contributed by atoms with Crippen LogP contribution in [0.5, 0.6) is 0 Å². The summed E-state index contributed by atoms with van der Waals surface area (Å²) in [5.74, 6) is -0.469. The van der Waals surface area contributed by atoms with Crippen LogP contribution in [0.3, 0.4) is 0 Å². The Balaban J connectivity index is 2.15. The van der Waals surface area contributed by atoms with Crippen LogP contribution in [0.15, 0.2) is 36.4 Å². The van der Waals surface area contributed by atoms with Crippen LogP contribution in [0.2, 0.25) is 15.1 Å². The van der Waals surface area contributed by atoms with Gasteiger partial charge in [0.15, 0.2) is 0 Å².